The Labute approximate surface area is 135 Å². The van der Waals surface area contributed by atoms with Gasteiger partial charge in [0.2, 0.25) is 5.95 Å². The van der Waals surface area contributed by atoms with E-state index in [1.54, 1.807) is 13.3 Å². The Balaban J connectivity index is 0.000000351. The van der Waals surface area contributed by atoms with Gasteiger partial charge < -0.3 is 20.2 Å². The molecule has 0 aliphatic carbocycles. The highest BCUT2D eigenvalue weighted by Gasteiger charge is 2.38. The van der Waals surface area contributed by atoms with Crippen molar-refractivity contribution in [2.75, 3.05) is 17.7 Å². The second-order valence-electron chi connectivity index (χ2n) is 4.63. The molecule has 0 saturated carbocycles. The summed E-state index contributed by atoms with van der Waals surface area (Å²) in [5, 5.41) is 13.3. The number of nitrogens with zero attached hydrogens (tertiary/aromatic N) is 2. The number of carboxylic acid groups (broad SMARTS) is 1. The van der Waals surface area contributed by atoms with Crippen LogP contribution in [0.3, 0.4) is 0 Å². The fraction of sp³-hybridized carbons (Fsp3) is 0.357. The van der Waals surface area contributed by atoms with Crippen LogP contribution in [0.1, 0.15) is 17.0 Å². The molecular formula is C14H17F3N4O3. The van der Waals surface area contributed by atoms with E-state index in [9.17, 15) is 13.2 Å². The van der Waals surface area contributed by atoms with Crippen LogP contribution in [-0.2, 0) is 11.3 Å². The standard InChI is InChI=1S/C12H16N4O.C2HF3O2/c1-8-6-11(16-12(13-3)15-8)14-7-10-4-5-17-9(10)2;3-2(4,5)1(6)7/h4-6H,7H2,1-3H3,(H2,13,14,15,16);(H,6,7). The lowest BCUT2D eigenvalue weighted by atomic mass is 10.2. The Morgan fingerprint density at radius 1 is 1.33 bits per heavy atom. The van der Waals surface area contributed by atoms with E-state index in [0.717, 1.165) is 22.8 Å². The predicted molar refractivity (Wildman–Crippen MR) is 80.8 cm³/mol. The molecule has 2 aromatic heterocycles. The molecule has 2 rings (SSSR count). The molecule has 7 nitrogen and oxygen atoms in total. The molecule has 0 radical (unpaired) electrons. The van der Waals surface area contributed by atoms with E-state index in [0.29, 0.717) is 12.5 Å². The summed E-state index contributed by atoms with van der Waals surface area (Å²) in [7, 11) is 1.80. The summed E-state index contributed by atoms with van der Waals surface area (Å²) in [6, 6.07) is 3.87. The molecule has 3 N–H and O–H groups in total. The van der Waals surface area contributed by atoms with E-state index >= 15 is 0 Å². The Hall–Kier alpha value is -2.78. The molecule has 0 aliphatic heterocycles. The van der Waals surface area contributed by atoms with Gasteiger partial charge in [0.25, 0.3) is 0 Å². The fourth-order valence-corrected chi connectivity index (χ4v) is 1.55. The van der Waals surface area contributed by atoms with Crippen LogP contribution in [-0.4, -0.2) is 34.3 Å². The quantitative estimate of drug-likeness (QED) is 0.782. The topological polar surface area (TPSA) is 100 Å². The third-order valence-corrected chi connectivity index (χ3v) is 2.75. The maximum atomic E-state index is 10.6. The highest BCUT2D eigenvalue weighted by molar-refractivity contribution is 5.73. The van der Waals surface area contributed by atoms with Crippen molar-refractivity contribution in [3.8, 4) is 0 Å². The molecule has 0 saturated heterocycles. The summed E-state index contributed by atoms with van der Waals surface area (Å²) in [5.41, 5.74) is 2.06. The summed E-state index contributed by atoms with van der Waals surface area (Å²) in [6.45, 7) is 4.58. The molecule has 0 fully saturated rings. The zero-order valence-electron chi connectivity index (χ0n) is 13.2. The van der Waals surface area contributed by atoms with Gasteiger partial charge in [-0.2, -0.15) is 18.2 Å². The van der Waals surface area contributed by atoms with Gasteiger partial charge in [-0.1, -0.05) is 0 Å². The third kappa shape index (κ3) is 6.15. The number of hydrogen-bond donors (Lipinski definition) is 3. The van der Waals surface area contributed by atoms with Crippen molar-refractivity contribution in [1.82, 2.24) is 9.97 Å². The number of hydrogen-bond acceptors (Lipinski definition) is 6. The first-order valence-electron chi connectivity index (χ1n) is 6.74. The number of rotatable bonds is 4. The first-order valence-corrected chi connectivity index (χ1v) is 6.74. The monoisotopic (exact) mass is 346 g/mol. The molecule has 132 valence electrons. The molecule has 24 heavy (non-hydrogen) atoms. The highest BCUT2D eigenvalue weighted by Crippen LogP contribution is 2.14. The normalized spacial score (nSPS) is 10.6. The van der Waals surface area contributed by atoms with Gasteiger partial charge in [-0.05, 0) is 19.9 Å². The molecule has 0 aromatic carbocycles. The molecule has 10 heteroatoms. The van der Waals surface area contributed by atoms with E-state index in [1.807, 2.05) is 26.0 Å². The van der Waals surface area contributed by atoms with Crippen molar-refractivity contribution in [1.29, 1.82) is 0 Å². The third-order valence-electron chi connectivity index (χ3n) is 2.75. The number of furan rings is 1. The number of aromatic nitrogens is 2. The van der Waals surface area contributed by atoms with Crippen LogP contribution in [0.2, 0.25) is 0 Å². The average Bonchev–Trinajstić information content (AvgIpc) is 2.89. The van der Waals surface area contributed by atoms with Crippen LogP contribution < -0.4 is 10.6 Å². The number of aryl methyl sites for hydroxylation is 2. The van der Waals surface area contributed by atoms with Gasteiger partial charge in [-0.25, -0.2) is 9.78 Å². The fourth-order valence-electron chi connectivity index (χ4n) is 1.55. The summed E-state index contributed by atoms with van der Waals surface area (Å²) in [6.07, 6.45) is -3.39. The van der Waals surface area contributed by atoms with E-state index < -0.39 is 12.1 Å². The summed E-state index contributed by atoms with van der Waals surface area (Å²) in [4.78, 5) is 17.4. The van der Waals surface area contributed by atoms with Crippen LogP contribution >= 0.6 is 0 Å². The number of carbonyl (C=O) groups is 1. The molecule has 0 bridgehead atoms. The average molecular weight is 346 g/mol. The SMILES string of the molecule is CNc1nc(C)cc(NCc2ccoc2C)n1.O=C(O)C(F)(F)F. The number of carboxylic acids is 1. The lowest BCUT2D eigenvalue weighted by Crippen LogP contribution is -2.21. The molecule has 0 amide bonds. The van der Waals surface area contributed by atoms with Crippen LogP contribution in [0.25, 0.3) is 0 Å². The Morgan fingerprint density at radius 2 is 1.96 bits per heavy atom. The minimum absolute atomic E-state index is 0.622. The molecule has 0 atom stereocenters. The van der Waals surface area contributed by atoms with Crippen LogP contribution in [0.15, 0.2) is 22.8 Å². The minimum atomic E-state index is -5.08. The number of halogens is 3. The van der Waals surface area contributed by atoms with Gasteiger partial charge in [0.05, 0.1) is 6.26 Å². The summed E-state index contributed by atoms with van der Waals surface area (Å²) >= 11 is 0. The summed E-state index contributed by atoms with van der Waals surface area (Å²) in [5.74, 6) is -0.400. The van der Waals surface area contributed by atoms with Crippen molar-refractivity contribution < 1.29 is 27.5 Å². The van der Waals surface area contributed by atoms with Gasteiger partial charge >= 0.3 is 12.1 Å². The van der Waals surface area contributed by atoms with E-state index in [2.05, 4.69) is 20.6 Å². The minimum Gasteiger partial charge on any atom is -0.475 e. The second kappa shape index (κ2) is 8.18. The number of nitrogens with one attached hydrogen (secondary N) is 2. The van der Waals surface area contributed by atoms with Gasteiger partial charge in [0.15, 0.2) is 0 Å². The maximum Gasteiger partial charge on any atom is 0.490 e. The first kappa shape index (κ1) is 19.3. The van der Waals surface area contributed by atoms with E-state index in [1.165, 1.54) is 0 Å². The van der Waals surface area contributed by atoms with Crippen molar-refractivity contribution in [2.45, 2.75) is 26.6 Å². The molecule has 0 unspecified atom stereocenters. The predicted octanol–water partition coefficient (Wildman–Crippen LogP) is 2.97. The Morgan fingerprint density at radius 3 is 2.42 bits per heavy atom. The number of alkyl halides is 3. The van der Waals surface area contributed by atoms with Gasteiger partial charge in [-0.15, -0.1) is 0 Å². The molecule has 0 spiro atoms. The number of anilines is 2. The molecular weight excluding hydrogens is 329 g/mol. The smallest absolute Gasteiger partial charge is 0.475 e. The lowest BCUT2D eigenvalue weighted by Gasteiger charge is -2.07. The highest BCUT2D eigenvalue weighted by atomic mass is 19.4. The van der Waals surface area contributed by atoms with Crippen molar-refractivity contribution in [2.24, 2.45) is 0 Å². The first-order chi connectivity index (χ1) is 11.1. The largest absolute Gasteiger partial charge is 0.490 e. The zero-order chi connectivity index (χ0) is 18.3. The second-order valence-corrected chi connectivity index (χ2v) is 4.63. The van der Waals surface area contributed by atoms with Gasteiger partial charge in [-0.3, -0.25) is 0 Å². The Kier molecular flexibility index (Phi) is 6.57. The molecule has 2 heterocycles. The summed E-state index contributed by atoms with van der Waals surface area (Å²) < 4.78 is 37.0. The van der Waals surface area contributed by atoms with Crippen LogP contribution in [0.5, 0.6) is 0 Å². The van der Waals surface area contributed by atoms with Crippen LogP contribution in [0.4, 0.5) is 24.9 Å². The Bertz CT molecular complexity index is 686. The van der Waals surface area contributed by atoms with Crippen LogP contribution in [0, 0.1) is 13.8 Å². The zero-order valence-corrected chi connectivity index (χ0v) is 13.2. The van der Waals surface area contributed by atoms with E-state index in [-0.39, 0.29) is 0 Å². The van der Waals surface area contributed by atoms with Crippen molar-refractivity contribution >= 4 is 17.7 Å². The number of aliphatic carboxylic acids is 1. The van der Waals surface area contributed by atoms with Crippen molar-refractivity contribution in [3.05, 3.63) is 35.4 Å². The van der Waals surface area contributed by atoms with Gasteiger partial charge in [0, 0.05) is 30.9 Å². The van der Waals surface area contributed by atoms with Gasteiger partial charge in [0.1, 0.15) is 11.6 Å². The molecule has 2 aromatic rings. The maximum absolute atomic E-state index is 10.6. The lowest BCUT2D eigenvalue weighted by molar-refractivity contribution is -0.192. The van der Waals surface area contributed by atoms with E-state index in [4.69, 9.17) is 14.3 Å². The molecule has 0 aliphatic rings. The van der Waals surface area contributed by atoms with Crippen molar-refractivity contribution in [3.63, 3.8) is 0 Å².